The fourth-order valence-electron chi connectivity index (χ4n) is 3.64. The molecule has 0 radical (unpaired) electrons. The van der Waals surface area contributed by atoms with Crippen molar-refractivity contribution in [3.05, 3.63) is 36.2 Å². The summed E-state index contributed by atoms with van der Waals surface area (Å²) in [5.41, 5.74) is 3.38. The lowest BCUT2D eigenvalue weighted by Crippen LogP contribution is -2.31. The Morgan fingerprint density at radius 3 is 2.67 bits per heavy atom. The van der Waals surface area contributed by atoms with Crippen LogP contribution in [0.5, 0.6) is 0 Å². The second kappa shape index (κ2) is 6.52. The van der Waals surface area contributed by atoms with E-state index in [9.17, 15) is 0 Å². The Balaban J connectivity index is 1.95. The molecular weight excluding hydrogens is 258 g/mol. The van der Waals surface area contributed by atoms with Gasteiger partial charge in [-0.15, -0.1) is 0 Å². The molecule has 0 saturated heterocycles. The van der Waals surface area contributed by atoms with Crippen molar-refractivity contribution in [2.45, 2.75) is 45.6 Å². The van der Waals surface area contributed by atoms with E-state index in [0.717, 1.165) is 23.5 Å². The molecule has 112 valence electrons. The lowest BCUT2D eigenvalue weighted by Gasteiger charge is -2.33. The molecule has 0 amide bonds. The second-order valence-corrected chi connectivity index (χ2v) is 6.33. The molecule has 0 bridgehead atoms. The molecule has 1 aliphatic rings. The van der Waals surface area contributed by atoms with Crippen LogP contribution in [-0.4, -0.2) is 16.5 Å². The van der Waals surface area contributed by atoms with Crippen LogP contribution in [0.1, 0.15) is 51.1 Å². The highest BCUT2D eigenvalue weighted by atomic mass is 14.9. The summed E-state index contributed by atoms with van der Waals surface area (Å²) in [4.78, 5) is 9.04. The van der Waals surface area contributed by atoms with Crippen LogP contribution in [0.2, 0.25) is 0 Å². The van der Waals surface area contributed by atoms with Gasteiger partial charge in [0.1, 0.15) is 0 Å². The van der Waals surface area contributed by atoms with Crippen LogP contribution in [-0.2, 0) is 0 Å². The normalized spacial score (nSPS) is 24.1. The number of hydrogen-bond acceptors (Lipinski definition) is 3. The van der Waals surface area contributed by atoms with Crippen molar-refractivity contribution in [2.24, 2.45) is 11.8 Å². The Labute approximate surface area is 127 Å². The van der Waals surface area contributed by atoms with Gasteiger partial charge in [0.05, 0.1) is 11.0 Å². The predicted octanol–water partition coefficient (Wildman–Crippen LogP) is 4.11. The number of para-hydroxylation sites is 1. The third kappa shape index (κ3) is 3.08. The first-order chi connectivity index (χ1) is 10.3. The minimum absolute atomic E-state index is 0.405. The van der Waals surface area contributed by atoms with Crippen molar-refractivity contribution in [3.63, 3.8) is 0 Å². The first-order valence-corrected chi connectivity index (χ1v) is 8.22. The van der Waals surface area contributed by atoms with Crippen LogP contribution in [0.3, 0.4) is 0 Å². The van der Waals surface area contributed by atoms with Gasteiger partial charge >= 0.3 is 0 Å². The monoisotopic (exact) mass is 283 g/mol. The molecule has 3 heteroatoms. The molecule has 1 aromatic heterocycles. The number of hydrogen-bond donors (Lipinski definition) is 1. The highest BCUT2D eigenvalue weighted by molar-refractivity contribution is 5.78. The molecule has 1 aromatic carbocycles. The van der Waals surface area contributed by atoms with Crippen molar-refractivity contribution < 1.29 is 0 Å². The summed E-state index contributed by atoms with van der Waals surface area (Å²) in [6, 6.07) is 6.80. The smallest absolute Gasteiger partial charge is 0.0934 e. The molecule has 1 aliphatic carbocycles. The zero-order chi connectivity index (χ0) is 14.7. The predicted molar refractivity (Wildman–Crippen MR) is 87.1 cm³/mol. The van der Waals surface area contributed by atoms with Crippen molar-refractivity contribution in [2.75, 3.05) is 6.54 Å². The minimum Gasteiger partial charge on any atom is -0.310 e. The van der Waals surface area contributed by atoms with E-state index in [0.29, 0.717) is 12.0 Å². The maximum Gasteiger partial charge on any atom is 0.0934 e. The molecule has 1 saturated carbocycles. The van der Waals surface area contributed by atoms with Crippen LogP contribution < -0.4 is 5.32 Å². The molecule has 1 N–H and O–H groups in total. The maximum absolute atomic E-state index is 4.59. The third-order valence-electron chi connectivity index (χ3n) is 4.82. The van der Waals surface area contributed by atoms with E-state index in [1.807, 2.05) is 0 Å². The Kier molecular flexibility index (Phi) is 4.49. The number of benzene rings is 1. The van der Waals surface area contributed by atoms with E-state index in [1.165, 1.54) is 31.2 Å². The summed E-state index contributed by atoms with van der Waals surface area (Å²) in [6.45, 7) is 5.56. The van der Waals surface area contributed by atoms with E-state index in [-0.39, 0.29) is 0 Å². The molecule has 3 rings (SSSR count). The summed E-state index contributed by atoms with van der Waals surface area (Å²) < 4.78 is 0. The average molecular weight is 283 g/mol. The first kappa shape index (κ1) is 14.5. The number of rotatable bonds is 4. The van der Waals surface area contributed by atoms with Gasteiger partial charge in [-0.25, -0.2) is 0 Å². The highest BCUT2D eigenvalue weighted by Gasteiger charge is 2.28. The number of fused-ring (bicyclic) bond motifs is 1. The van der Waals surface area contributed by atoms with Gasteiger partial charge in [-0.3, -0.25) is 9.97 Å². The molecular formula is C18H25N3. The Bertz CT molecular complexity index is 583. The van der Waals surface area contributed by atoms with Crippen LogP contribution >= 0.6 is 0 Å². The van der Waals surface area contributed by atoms with Crippen LogP contribution in [0.4, 0.5) is 0 Å². The van der Waals surface area contributed by atoms with Gasteiger partial charge in [0, 0.05) is 18.4 Å². The number of nitrogens with one attached hydrogen (secondary N) is 1. The fourth-order valence-corrected chi connectivity index (χ4v) is 3.64. The lowest BCUT2D eigenvalue weighted by atomic mass is 9.77. The van der Waals surface area contributed by atoms with Gasteiger partial charge in [-0.1, -0.05) is 38.8 Å². The summed E-state index contributed by atoms with van der Waals surface area (Å²) >= 11 is 0. The second-order valence-electron chi connectivity index (χ2n) is 6.33. The SMILES string of the molecule is CCNC(c1cccc2nccnc12)C1CCC(C)CC1. The molecule has 1 unspecified atom stereocenters. The van der Waals surface area contributed by atoms with E-state index in [1.54, 1.807) is 12.4 Å². The Morgan fingerprint density at radius 1 is 1.14 bits per heavy atom. The number of aromatic nitrogens is 2. The summed E-state index contributed by atoms with van der Waals surface area (Å²) in [7, 11) is 0. The largest absolute Gasteiger partial charge is 0.310 e. The molecule has 1 heterocycles. The Hall–Kier alpha value is -1.48. The van der Waals surface area contributed by atoms with E-state index in [2.05, 4.69) is 47.3 Å². The van der Waals surface area contributed by atoms with Crippen molar-refractivity contribution in [1.29, 1.82) is 0 Å². The average Bonchev–Trinajstić information content (AvgIpc) is 2.53. The highest BCUT2D eigenvalue weighted by Crippen LogP contribution is 2.38. The fraction of sp³-hybridized carbons (Fsp3) is 0.556. The topological polar surface area (TPSA) is 37.8 Å². The molecule has 1 fully saturated rings. The van der Waals surface area contributed by atoms with Crippen LogP contribution in [0.25, 0.3) is 11.0 Å². The quantitative estimate of drug-likeness (QED) is 0.917. The summed E-state index contributed by atoms with van der Waals surface area (Å²) in [5.74, 6) is 1.60. The minimum atomic E-state index is 0.405. The lowest BCUT2D eigenvalue weighted by molar-refractivity contribution is 0.234. The van der Waals surface area contributed by atoms with Crippen molar-refractivity contribution >= 4 is 11.0 Å². The van der Waals surface area contributed by atoms with Crippen LogP contribution in [0.15, 0.2) is 30.6 Å². The zero-order valence-corrected chi connectivity index (χ0v) is 13.0. The summed E-state index contributed by atoms with van der Waals surface area (Å²) in [6.07, 6.45) is 8.91. The summed E-state index contributed by atoms with van der Waals surface area (Å²) in [5, 5.41) is 3.71. The van der Waals surface area contributed by atoms with E-state index in [4.69, 9.17) is 0 Å². The number of nitrogens with zero attached hydrogens (tertiary/aromatic N) is 2. The van der Waals surface area contributed by atoms with Gasteiger partial charge in [0.25, 0.3) is 0 Å². The van der Waals surface area contributed by atoms with Gasteiger partial charge in [-0.2, -0.15) is 0 Å². The first-order valence-electron chi connectivity index (χ1n) is 8.22. The van der Waals surface area contributed by atoms with E-state index >= 15 is 0 Å². The maximum atomic E-state index is 4.59. The van der Waals surface area contributed by atoms with Crippen molar-refractivity contribution in [3.8, 4) is 0 Å². The van der Waals surface area contributed by atoms with Crippen LogP contribution in [0, 0.1) is 11.8 Å². The third-order valence-corrected chi connectivity index (χ3v) is 4.82. The molecule has 21 heavy (non-hydrogen) atoms. The molecule has 0 spiro atoms. The van der Waals surface area contributed by atoms with E-state index < -0.39 is 0 Å². The van der Waals surface area contributed by atoms with Gasteiger partial charge < -0.3 is 5.32 Å². The standard InChI is InChI=1S/C18H25N3/c1-3-19-17(14-9-7-13(2)8-10-14)15-5-4-6-16-18(15)21-12-11-20-16/h4-6,11-14,17,19H,3,7-10H2,1-2H3. The van der Waals surface area contributed by atoms with Gasteiger partial charge in [0.15, 0.2) is 0 Å². The molecule has 0 aliphatic heterocycles. The zero-order valence-electron chi connectivity index (χ0n) is 13.0. The van der Waals surface area contributed by atoms with Crippen molar-refractivity contribution in [1.82, 2.24) is 15.3 Å². The molecule has 2 aromatic rings. The molecule has 3 nitrogen and oxygen atoms in total. The van der Waals surface area contributed by atoms with Gasteiger partial charge in [0.2, 0.25) is 0 Å². The Morgan fingerprint density at radius 2 is 1.90 bits per heavy atom. The van der Waals surface area contributed by atoms with Gasteiger partial charge in [-0.05, 0) is 42.9 Å². The molecule has 1 atom stereocenters.